The van der Waals surface area contributed by atoms with Crippen molar-refractivity contribution >= 4 is 11.5 Å². The largest absolute Gasteiger partial charge is 0.497 e. The van der Waals surface area contributed by atoms with E-state index in [0.29, 0.717) is 11.5 Å². The van der Waals surface area contributed by atoms with Gasteiger partial charge in [-0.15, -0.1) is 0 Å². The van der Waals surface area contributed by atoms with Gasteiger partial charge in [0.1, 0.15) is 11.5 Å². The molecule has 1 heterocycles. The van der Waals surface area contributed by atoms with E-state index in [0.717, 1.165) is 5.56 Å². The van der Waals surface area contributed by atoms with Crippen molar-refractivity contribution in [3.05, 3.63) is 52.2 Å². The first-order valence-corrected chi connectivity index (χ1v) is 6.64. The molecule has 0 aliphatic carbocycles. The number of ether oxygens (including phenoxy) is 2. The number of nitrogens with zero attached hydrogens (tertiary/aromatic N) is 2. The van der Waals surface area contributed by atoms with Crippen molar-refractivity contribution in [2.75, 3.05) is 19.5 Å². The summed E-state index contributed by atoms with van der Waals surface area (Å²) < 4.78 is 10.5. The molecular formula is C15H17N3O4. The molecule has 0 saturated carbocycles. The van der Waals surface area contributed by atoms with Gasteiger partial charge in [0.25, 0.3) is 0 Å². The van der Waals surface area contributed by atoms with Gasteiger partial charge in [0, 0.05) is 17.8 Å². The van der Waals surface area contributed by atoms with Crippen molar-refractivity contribution in [1.29, 1.82) is 0 Å². The lowest BCUT2D eigenvalue weighted by molar-refractivity contribution is -0.384. The molecule has 1 aromatic heterocycles. The normalized spacial score (nSPS) is 11.6. The van der Waals surface area contributed by atoms with E-state index in [9.17, 15) is 10.1 Å². The lowest BCUT2D eigenvalue weighted by Crippen LogP contribution is -2.11. The number of rotatable bonds is 6. The highest BCUT2D eigenvalue weighted by Crippen LogP contribution is 2.32. The molecule has 7 heteroatoms. The average molecular weight is 303 g/mol. The van der Waals surface area contributed by atoms with Gasteiger partial charge >= 0.3 is 5.69 Å². The maximum Gasteiger partial charge on any atom is 0.311 e. The van der Waals surface area contributed by atoms with Gasteiger partial charge in [-0.3, -0.25) is 10.1 Å². The van der Waals surface area contributed by atoms with Gasteiger partial charge in [-0.2, -0.15) is 0 Å². The molecule has 0 radical (unpaired) electrons. The molecule has 0 spiro atoms. The third kappa shape index (κ3) is 3.25. The van der Waals surface area contributed by atoms with Crippen LogP contribution in [-0.2, 0) is 0 Å². The molecule has 7 nitrogen and oxygen atoms in total. The molecule has 0 amide bonds. The van der Waals surface area contributed by atoms with Gasteiger partial charge in [0.15, 0.2) is 0 Å². The standard InChI is InChI=1S/C15H17N3O4/c1-10(12-9-11(21-2)6-7-14(12)22-3)17-15-13(18(19)20)5-4-8-16-15/h4-10H,1-3H3,(H,16,17)/t10-/m0/s1. The average Bonchev–Trinajstić information content (AvgIpc) is 2.54. The van der Waals surface area contributed by atoms with Crippen LogP contribution in [0.5, 0.6) is 11.5 Å². The number of hydrogen-bond acceptors (Lipinski definition) is 6. The molecule has 22 heavy (non-hydrogen) atoms. The summed E-state index contributed by atoms with van der Waals surface area (Å²) >= 11 is 0. The third-order valence-electron chi connectivity index (χ3n) is 3.24. The molecule has 0 aliphatic heterocycles. The van der Waals surface area contributed by atoms with E-state index in [-0.39, 0.29) is 17.5 Å². The van der Waals surface area contributed by atoms with Gasteiger partial charge < -0.3 is 14.8 Å². The number of benzene rings is 1. The van der Waals surface area contributed by atoms with Crippen LogP contribution in [0.2, 0.25) is 0 Å². The van der Waals surface area contributed by atoms with Crippen LogP contribution in [0.3, 0.4) is 0 Å². The summed E-state index contributed by atoms with van der Waals surface area (Å²) in [4.78, 5) is 14.6. The topological polar surface area (TPSA) is 86.5 Å². The smallest absolute Gasteiger partial charge is 0.311 e. The molecule has 0 saturated heterocycles. The lowest BCUT2D eigenvalue weighted by atomic mass is 10.1. The van der Waals surface area contributed by atoms with E-state index in [1.165, 1.54) is 18.3 Å². The number of aromatic nitrogens is 1. The Bertz CT molecular complexity index is 676. The maximum absolute atomic E-state index is 11.0. The van der Waals surface area contributed by atoms with Crippen LogP contribution in [0, 0.1) is 10.1 Å². The lowest BCUT2D eigenvalue weighted by Gasteiger charge is -2.18. The van der Waals surface area contributed by atoms with Crippen LogP contribution in [0.15, 0.2) is 36.5 Å². The van der Waals surface area contributed by atoms with Crippen LogP contribution in [0.25, 0.3) is 0 Å². The molecule has 1 atom stereocenters. The van der Waals surface area contributed by atoms with E-state index < -0.39 is 4.92 Å². The van der Waals surface area contributed by atoms with Crippen molar-refractivity contribution in [3.63, 3.8) is 0 Å². The highest BCUT2D eigenvalue weighted by molar-refractivity contribution is 5.57. The zero-order valence-electron chi connectivity index (χ0n) is 12.6. The summed E-state index contributed by atoms with van der Waals surface area (Å²) in [5.41, 5.74) is 0.748. The Balaban J connectivity index is 2.33. The molecule has 2 rings (SSSR count). The summed E-state index contributed by atoms with van der Waals surface area (Å²) in [5.74, 6) is 1.56. The Morgan fingerprint density at radius 3 is 2.68 bits per heavy atom. The molecule has 1 aromatic carbocycles. The van der Waals surface area contributed by atoms with Crippen molar-refractivity contribution in [3.8, 4) is 11.5 Å². The van der Waals surface area contributed by atoms with Gasteiger partial charge in [0.05, 0.1) is 25.2 Å². The quantitative estimate of drug-likeness (QED) is 0.651. The fourth-order valence-corrected chi connectivity index (χ4v) is 2.12. The second-order valence-corrected chi connectivity index (χ2v) is 4.60. The Hall–Kier alpha value is -2.83. The Kier molecular flexibility index (Phi) is 4.77. The fourth-order valence-electron chi connectivity index (χ4n) is 2.12. The summed E-state index contributed by atoms with van der Waals surface area (Å²) in [7, 11) is 3.15. The Morgan fingerprint density at radius 1 is 1.27 bits per heavy atom. The van der Waals surface area contributed by atoms with Crippen molar-refractivity contribution in [2.45, 2.75) is 13.0 Å². The summed E-state index contributed by atoms with van der Waals surface area (Å²) in [5, 5.41) is 14.1. The highest BCUT2D eigenvalue weighted by Gasteiger charge is 2.19. The van der Waals surface area contributed by atoms with Crippen molar-refractivity contribution in [2.24, 2.45) is 0 Å². The van der Waals surface area contributed by atoms with E-state index in [2.05, 4.69) is 10.3 Å². The van der Waals surface area contributed by atoms with Crippen LogP contribution >= 0.6 is 0 Å². The minimum atomic E-state index is -0.467. The molecule has 116 valence electrons. The zero-order chi connectivity index (χ0) is 16.1. The number of anilines is 1. The van der Waals surface area contributed by atoms with Crippen molar-refractivity contribution < 1.29 is 14.4 Å². The second-order valence-electron chi connectivity index (χ2n) is 4.60. The number of nitro groups is 1. The Morgan fingerprint density at radius 2 is 2.05 bits per heavy atom. The SMILES string of the molecule is COc1ccc(OC)c([C@H](C)Nc2ncccc2[N+](=O)[O-])c1. The summed E-state index contributed by atoms with van der Waals surface area (Å²) in [6.45, 7) is 1.87. The van der Waals surface area contributed by atoms with Gasteiger partial charge in [-0.1, -0.05) is 0 Å². The van der Waals surface area contributed by atoms with Crippen LogP contribution in [-0.4, -0.2) is 24.1 Å². The molecule has 0 unspecified atom stereocenters. The highest BCUT2D eigenvalue weighted by atomic mass is 16.6. The van der Waals surface area contributed by atoms with Crippen LogP contribution in [0.1, 0.15) is 18.5 Å². The monoisotopic (exact) mass is 303 g/mol. The fraction of sp³-hybridized carbons (Fsp3) is 0.267. The van der Waals surface area contributed by atoms with E-state index >= 15 is 0 Å². The zero-order valence-corrected chi connectivity index (χ0v) is 12.6. The molecule has 1 N–H and O–H groups in total. The number of hydrogen-bond donors (Lipinski definition) is 1. The van der Waals surface area contributed by atoms with E-state index in [1.807, 2.05) is 13.0 Å². The third-order valence-corrected chi connectivity index (χ3v) is 3.24. The number of pyridine rings is 1. The first-order chi connectivity index (χ1) is 10.6. The van der Waals surface area contributed by atoms with Crippen LogP contribution in [0.4, 0.5) is 11.5 Å². The number of methoxy groups -OCH3 is 2. The van der Waals surface area contributed by atoms with Gasteiger partial charge in [-0.25, -0.2) is 4.98 Å². The van der Waals surface area contributed by atoms with E-state index in [1.54, 1.807) is 26.4 Å². The summed E-state index contributed by atoms with van der Waals surface area (Å²) in [6.07, 6.45) is 1.50. The minimum absolute atomic E-state index is 0.0730. The molecular weight excluding hydrogens is 286 g/mol. The molecule has 0 fully saturated rings. The Labute approximate surface area is 128 Å². The maximum atomic E-state index is 11.0. The second kappa shape index (κ2) is 6.75. The molecule has 2 aromatic rings. The van der Waals surface area contributed by atoms with Gasteiger partial charge in [0.2, 0.25) is 5.82 Å². The van der Waals surface area contributed by atoms with E-state index in [4.69, 9.17) is 9.47 Å². The summed E-state index contributed by atoms with van der Waals surface area (Å²) in [6, 6.07) is 8.09. The first kappa shape index (κ1) is 15.6. The minimum Gasteiger partial charge on any atom is -0.497 e. The van der Waals surface area contributed by atoms with Crippen LogP contribution < -0.4 is 14.8 Å². The first-order valence-electron chi connectivity index (χ1n) is 6.64. The van der Waals surface area contributed by atoms with Gasteiger partial charge in [-0.05, 0) is 31.2 Å². The predicted octanol–water partition coefficient (Wildman–Crippen LogP) is 3.18. The van der Waals surface area contributed by atoms with Crippen molar-refractivity contribution in [1.82, 2.24) is 4.98 Å². The predicted molar refractivity (Wildman–Crippen MR) is 82.5 cm³/mol. The molecule has 0 bridgehead atoms. The number of nitrogens with one attached hydrogen (secondary N) is 1. The molecule has 0 aliphatic rings.